The molecule has 0 unspecified atom stereocenters. The molecule has 128 valence electrons. The molecule has 0 aliphatic carbocycles. The van der Waals surface area contributed by atoms with Crippen molar-refractivity contribution in [3.8, 4) is 0 Å². The number of aromatic amines is 1. The highest BCUT2D eigenvalue weighted by Crippen LogP contribution is 2.15. The van der Waals surface area contributed by atoms with Gasteiger partial charge in [0.05, 0.1) is 12.7 Å². The predicted octanol–water partition coefficient (Wildman–Crippen LogP) is 3.20. The standard InChI is InChI=1S/C20H20N2O3/c1-25-20(24)16-6-2-15(3-7-16)13-22-19(23)9-5-14-4-8-18-17(12-14)10-11-21-18/h2-4,6-8,10-12,21H,5,9,13H2,1H3,(H,22,23). The zero-order chi connectivity index (χ0) is 17.6. The second kappa shape index (κ2) is 7.66. The number of carbonyl (C=O) groups is 2. The van der Waals surface area contributed by atoms with Crippen LogP contribution in [0.2, 0.25) is 0 Å². The number of nitrogens with one attached hydrogen (secondary N) is 2. The lowest BCUT2D eigenvalue weighted by Gasteiger charge is -2.07. The molecule has 0 aliphatic rings. The molecule has 1 amide bonds. The van der Waals surface area contributed by atoms with E-state index in [9.17, 15) is 9.59 Å². The maximum absolute atomic E-state index is 12.0. The van der Waals surface area contributed by atoms with Crippen LogP contribution in [0, 0.1) is 0 Å². The summed E-state index contributed by atoms with van der Waals surface area (Å²) in [7, 11) is 1.35. The molecule has 1 aromatic heterocycles. The minimum atomic E-state index is -0.366. The number of aryl methyl sites for hydroxylation is 1. The van der Waals surface area contributed by atoms with E-state index in [2.05, 4.69) is 21.1 Å². The quantitative estimate of drug-likeness (QED) is 0.679. The van der Waals surface area contributed by atoms with Gasteiger partial charge in [-0.15, -0.1) is 0 Å². The fraction of sp³-hybridized carbons (Fsp3) is 0.200. The first-order valence-electron chi connectivity index (χ1n) is 8.15. The van der Waals surface area contributed by atoms with Crippen LogP contribution in [-0.4, -0.2) is 24.0 Å². The van der Waals surface area contributed by atoms with Gasteiger partial charge in [-0.25, -0.2) is 4.79 Å². The third-order valence-electron chi connectivity index (χ3n) is 4.12. The second-order valence-electron chi connectivity index (χ2n) is 5.86. The van der Waals surface area contributed by atoms with Gasteiger partial charge < -0.3 is 15.0 Å². The molecule has 3 rings (SSSR count). The number of aromatic nitrogens is 1. The van der Waals surface area contributed by atoms with Crippen molar-refractivity contribution >= 4 is 22.8 Å². The van der Waals surface area contributed by atoms with Crippen LogP contribution in [0.4, 0.5) is 0 Å². The maximum Gasteiger partial charge on any atom is 0.337 e. The third-order valence-corrected chi connectivity index (χ3v) is 4.12. The lowest BCUT2D eigenvalue weighted by atomic mass is 10.1. The second-order valence-corrected chi connectivity index (χ2v) is 5.86. The summed E-state index contributed by atoms with van der Waals surface area (Å²) in [6.45, 7) is 0.442. The summed E-state index contributed by atoms with van der Waals surface area (Å²) in [5.41, 5.74) is 3.68. The van der Waals surface area contributed by atoms with Crippen molar-refractivity contribution in [2.24, 2.45) is 0 Å². The SMILES string of the molecule is COC(=O)c1ccc(CNC(=O)CCc2ccc3[nH]ccc3c2)cc1. The molecule has 0 fully saturated rings. The average molecular weight is 336 g/mol. The Morgan fingerprint density at radius 1 is 1.04 bits per heavy atom. The summed E-state index contributed by atoms with van der Waals surface area (Å²) >= 11 is 0. The molecule has 5 nitrogen and oxygen atoms in total. The lowest BCUT2D eigenvalue weighted by molar-refractivity contribution is -0.121. The maximum atomic E-state index is 12.0. The zero-order valence-electron chi connectivity index (χ0n) is 14.0. The van der Waals surface area contributed by atoms with Crippen LogP contribution in [0.5, 0.6) is 0 Å². The van der Waals surface area contributed by atoms with E-state index in [1.807, 2.05) is 36.5 Å². The highest BCUT2D eigenvalue weighted by Gasteiger charge is 2.06. The minimum Gasteiger partial charge on any atom is -0.465 e. The molecule has 0 atom stereocenters. The molecule has 3 aromatic rings. The largest absolute Gasteiger partial charge is 0.465 e. The van der Waals surface area contributed by atoms with Gasteiger partial charge in [-0.2, -0.15) is 0 Å². The Morgan fingerprint density at radius 3 is 2.56 bits per heavy atom. The van der Waals surface area contributed by atoms with Crippen molar-refractivity contribution in [3.05, 3.63) is 71.4 Å². The monoisotopic (exact) mass is 336 g/mol. The highest BCUT2D eigenvalue weighted by molar-refractivity contribution is 5.89. The highest BCUT2D eigenvalue weighted by atomic mass is 16.5. The first-order chi connectivity index (χ1) is 12.2. The number of amides is 1. The molecule has 0 spiro atoms. The minimum absolute atomic E-state index is 0.00575. The fourth-order valence-corrected chi connectivity index (χ4v) is 2.68. The van der Waals surface area contributed by atoms with Crippen LogP contribution in [0.25, 0.3) is 10.9 Å². The Kier molecular flexibility index (Phi) is 5.14. The number of methoxy groups -OCH3 is 1. The van der Waals surface area contributed by atoms with Gasteiger partial charge in [0.1, 0.15) is 0 Å². The summed E-state index contributed by atoms with van der Waals surface area (Å²) in [5.74, 6) is -0.360. The van der Waals surface area contributed by atoms with E-state index in [-0.39, 0.29) is 11.9 Å². The number of esters is 1. The van der Waals surface area contributed by atoms with E-state index in [0.717, 1.165) is 22.0 Å². The summed E-state index contributed by atoms with van der Waals surface area (Å²) in [5, 5.41) is 4.06. The van der Waals surface area contributed by atoms with Gasteiger partial charge >= 0.3 is 5.97 Å². The van der Waals surface area contributed by atoms with E-state index < -0.39 is 0 Å². The van der Waals surface area contributed by atoms with Crippen molar-refractivity contribution in [1.82, 2.24) is 10.3 Å². The van der Waals surface area contributed by atoms with Crippen LogP contribution in [-0.2, 0) is 22.5 Å². The number of fused-ring (bicyclic) bond motifs is 1. The number of rotatable bonds is 6. The molecule has 25 heavy (non-hydrogen) atoms. The smallest absolute Gasteiger partial charge is 0.337 e. The molecular weight excluding hydrogens is 316 g/mol. The summed E-state index contributed by atoms with van der Waals surface area (Å²) in [6, 6.07) is 15.2. The van der Waals surface area contributed by atoms with Crippen molar-refractivity contribution < 1.29 is 14.3 Å². The lowest BCUT2D eigenvalue weighted by Crippen LogP contribution is -2.23. The third kappa shape index (κ3) is 4.26. The van der Waals surface area contributed by atoms with Crippen LogP contribution in [0.3, 0.4) is 0 Å². The van der Waals surface area contributed by atoms with Gasteiger partial charge in [0.15, 0.2) is 0 Å². The van der Waals surface area contributed by atoms with Crippen LogP contribution < -0.4 is 5.32 Å². The van der Waals surface area contributed by atoms with Gasteiger partial charge in [0, 0.05) is 24.7 Å². The Morgan fingerprint density at radius 2 is 1.80 bits per heavy atom. The fourth-order valence-electron chi connectivity index (χ4n) is 2.68. The number of hydrogen-bond acceptors (Lipinski definition) is 3. The average Bonchev–Trinajstić information content (AvgIpc) is 3.12. The molecule has 0 radical (unpaired) electrons. The Balaban J connectivity index is 1.48. The number of hydrogen-bond donors (Lipinski definition) is 2. The van der Waals surface area contributed by atoms with Gasteiger partial charge in [-0.05, 0) is 53.3 Å². The predicted molar refractivity (Wildman–Crippen MR) is 96.2 cm³/mol. The summed E-state index contributed by atoms with van der Waals surface area (Å²) in [4.78, 5) is 26.6. The van der Waals surface area contributed by atoms with Gasteiger partial charge in [0.2, 0.25) is 5.91 Å². The number of benzene rings is 2. The number of H-pyrrole nitrogens is 1. The first-order valence-corrected chi connectivity index (χ1v) is 8.15. The molecule has 2 aromatic carbocycles. The Bertz CT molecular complexity index is 881. The van der Waals surface area contributed by atoms with E-state index >= 15 is 0 Å². The molecule has 2 N–H and O–H groups in total. The van der Waals surface area contributed by atoms with Crippen molar-refractivity contribution in [3.63, 3.8) is 0 Å². The molecule has 0 aliphatic heterocycles. The topological polar surface area (TPSA) is 71.2 Å². The van der Waals surface area contributed by atoms with Crippen LogP contribution in [0.15, 0.2) is 54.7 Å². The molecular formula is C20H20N2O3. The Hall–Kier alpha value is -3.08. The van der Waals surface area contributed by atoms with Crippen molar-refractivity contribution in [2.45, 2.75) is 19.4 Å². The summed E-state index contributed by atoms with van der Waals surface area (Å²) in [6.07, 6.45) is 3.05. The van der Waals surface area contributed by atoms with E-state index in [4.69, 9.17) is 0 Å². The van der Waals surface area contributed by atoms with Crippen LogP contribution >= 0.6 is 0 Å². The van der Waals surface area contributed by atoms with Gasteiger partial charge in [-0.3, -0.25) is 4.79 Å². The molecule has 0 saturated heterocycles. The molecule has 1 heterocycles. The normalized spacial score (nSPS) is 10.6. The van der Waals surface area contributed by atoms with Gasteiger partial charge in [0.25, 0.3) is 0 Å². The van der Waals surface area contributed by atoms with Crippen LogP contribution in [0.1, 0.15) is 27.9 Å². The van der Waals surface area contributed by atoms with Gasteiger partial charge in [-0.1, -0.05) is 18.2 Å². The van der Waals surface area contributed by atoms with Crippen molar-refractivity contribution in [2.75, 3.05) is 7.11 Å². The molecule has 0 saturated carbocycles. The number of ether oxygens (including phenoxy) is 1. The Labute approximate surface area is 146 Å². The molecule has 0 bridgehead atoms. The summed E-state index contributed by atoms with van der Waals surface area (Å²) < 4.78 is 4.66. The van der Waals surface area contributed by atoms with E-state index in [1.165, 1.54) is 7.11 Å². The van der Waals surface area contributed by atoms with Crippen molar-refractivity contribution in [1.29, 1.82) is 0 Å². The zero-order valence-corrected chi connectivity index (χ0v) is 14.0. The first kappa shape index (κ1) is 16.8. The van der Waals surface area contributed by atoms with E-state index in [0.29, 0.717) is 24.9 Å². The number of carbonyl (C=O) groups excluding carboxylic acids is 2. The molecule has 5 heteroatoms. The van der Waals surface area contributed by atoms with E-state index in [1.54, 1.807) is 12.1 Å².